The van der Waals surface area contributed by atoms with Gasteiger partial charge in [0.1, 0.15) is 0 Å². The van der Waals surface area contributed by atoms with Crippen molar-refractivity contribution in [2.24, 2.45) is 5.10 Å². The average molecular weight is 498 g/mol. The van der Waals surface area contributed by atoms with Gasteiger partial charge in [0.2, 0.25) is 0 Å². The molecule has 10 heteroatoms. The number of rotatable bonds is 5. The third-order valence-electron chi connectivity index (χ3n) is 2.85. The molecule has 172 valence electrons. The Hall–Kier alpha value is -3.19. The molecular weight excluding hydrogens is 472 g/mol. The quantitative estimate of drug-likeness (QED) is 0.142. The Bertz CT molecular complexity index is 903. The minimum Gasteiger partial charge on any atom is -0.758 e. The van der Waals surface area contributed by atoms with Crippen LogP contribution in [0.25, 0.3) is 0 Å². The molecule has 0 saturated heterocycles. The number of hydrazone groups is 1. The number of ketones is 2. The largest absolute Gasteiger partial charge is 0.758 e. The number of carbonyl (C=O) groups is 3. The number of aliphatic hydroxyl groups excluding tert-OH is 2. The number of benzene rings is 1. The molecule has 1 heterocycles. The van der Waals surface area contributed by atoms with Gasteiger partial charge in [-0.1, -0.05) is 35.4 Å². The van der Waals surface area contributed by atoms with Crippen LogP contribution in [0, 0.1) is 0 Å². The summed E-state index contributed by atoms with van der Waals surface area (Å²) in [6, 6.07) is 12.4. The van der Waals surface area contributed by atoms with Crippen molar-refractivity contribution in [3.05, 3.63) is 83.7 Å². The summed E-state index contributed by atoms with van der Waals surface area (Å²) in [7, 11) is 0. The number of hydrogen-bond acceptors (Lipinski definition) is 8. The van der Waals surface area contributed by atoms with Gasteiger partial charge >= 0.3 is 5.91 Å². The van der Waals surface area contributed by atoms with E-state index in [0.717, 1.165) is 5.56 Å². The van der Waals surface area contributed by atoms with Gasteiger partial charge in [-0.2, -0.15) is 0 Å². The number of furan rings is 1. The predicted octanol–water partition coefficient (Wildman–Crippen LogP) is 3.99. The fourth-order valence-electron chi connectivity index (χ4n) is 1.80. The Morgan fingerprint density at radius 1 is 0.906 bits per heavy atom. The van der Waals surface area contributed by atoms with Gasteiger partial charge in [0, 0.05) is 29.5 Å². The molecule has 0 saturated carbocycles. The molecule has 32 heavy (non-hydrogen) atoms. The van der Waals surface area contributed by atoms with Crippen molar-refractivity contribution < 1.29 is 46.4 Å². The molecule has 8 nitrogen and oxygen atoms in total. The molecule has 0 unspecified atom stereocenters. The number of hydrogen-bond donors (Lipinski definition) is 3. The van der Waals surface area contributed by atoms with Crippen molar-refractivity contribution in [2.45, 2.75) is 27.7 Å². The molecule has 0 spiro atoms. The molecule has 1 aromatic heterocycles. The van der Waals surface area contributed by atoms with Gasteiger partial charge in [-0.25, -0.2) is 10.5 Å². The van der Waals surface area contributed by atoms with Crippen molar-refractivity contribution in [3.8, 4) is 0 Å². The van der Waals surface area contributed by atoms with Crippen LogP contribution in [0.5, 0.6) is 0 Å². The molecule has 0 aliphatic heterocycles. The maximum Gasteiger partial charge on any atom is 0.306 e. The van der Waals surface area contributed by atoms with E-state index in [0.29, 0.717) is 5.04 Å². The number of nitrogens with zero attached hydrogens (tertiary/aromatic N) is 1. The Kier molecular flexibility index (Phi) is 16.9. The van der Waals surface area contributed by atoms with E-state index in [4.69, 9.17) is 27.3 Å². The van der Waals surface area contributed by atoms with Crippen LogP contribution in [0.2, 0.25) is 0 Å². The van der Waals surface area contributed by atoms with Gasteiger partial charge in [0.15, 0.2) is 17.3 Å². The van der Waals surface area contributed by atoms with E-state index in [2.05, 4.69) is 10.5 Å². The van der Waals surface area contributed by atoms with E-state index in [-0.39, 0.29) is 46.2 Å². The van der Waals surface area contributed by atoms with Crippen LogP contribution < -0.4 is 5.43 Å². The fraction of sp³-hybridized carbons (Fsp3) is 0.182. The molecule has 0 aliphatic carbocycles. The average Bonchev–Trinajstić information content (AvgIpc) is 3.20. The summed E-state index contributed by atoms with van der Waals surface area (Å²) in [6.07, 6.45) is 3.75. The van der Waals surface area contributed by atoms with Crippen LogP contribution >= 0.6 is 0 Å². The van der Waals surface area contributed by atoms with Crippen molar-refractivity contribution >= 4 is 35.1 Å². The molecule has 0 fully saturated rings. The molecular formula is C22H25CrN2O6S-. The first-order valence-corrected chi connectivity index (χ1v) is 9.33. The number of carbonyl (C=O) groups excluding carboxylic acids is 3. The molecule has 3 N–H and O–H groups in total. The van der Waals surface area contributed by atoms with Gasteiger partial charge in [-0.3, -0.25) is 14.4 Å². The maximum atomic E-state index is 11.5. The number of allylic oxidation sites excluding steroid dienone is 4. The normalized spacial score (nSPS) is 10.9. The van der Waals surface area contributed by atoms with Crippen molar-refractivity contribution in [1.29, 1.82) is 0 Å². The number of aliphatic hydroxyl groups is 2. The van der Waals surface area contributed by atoms with Crippen molar-refractivity contribution in [2.75, 3.05) is 0 Å². The van der Waals surface area contributed by atoms with E-state index in [1.165, 1.54) is 46.1 Å². The molecule has 0 radical (unpaired) electrons. The minimum atomic E-state index is -0.423. The summed E-state index contributed by atoms with van der Waals surface area (Å²) < 4.78 is 4.92. The predicted molar refractivity (Wildman–Crippen MR) is 121 cm³/mol. The summed E-state index contributed by atoms with van der Waals surface area (Å²) in [6.45, 7) is 5.70. The zero-order valence-electron chi connectivity index (χ0n) is 18.1. The van der Waals surface area contributed by atoms with E-state index in [1.807, 2.05) is 30.3 Å². The minimum absolute atomic E-state index is 0. The second kappa shape index (κ2) is 17.5. The molecule has 0 atom stereocenters. The maximum absolute atomic E-state index is 11.5. The summed E-state index contributed by atoms with van der Waals surface area (Å²) in [5.41, 5.74) is 3.11. The molecule has 1 amide bonds. The summed E-state index contributed by atoms with van der Waals surface area (Å²) in [5.74, 6) is -0.349. The van der Waals surface area contributed by atoms with Crippen LogP contribution in [-0.4, -0.2) is 32.7 Å². The van der Waals surface area contributed by atoms with Gasteiger partial charge in [0.25, 0.3) is 0 Å². The van der Waals surface area contributed by atoms with E-state index in [1.54, 1.807) is 12.1 Å². The smallest absolute Gasteiger partial charge is 0.306 e. The van der Waals surface area contributed by atoms with E-state index >= 15 is 0 Å². The third-order valence-corrected chi connectivity index (χ3v) is 3.18. The Morgan fingerprint density at radius 3 is 1.75 bits per heavy atom. The number of nitrogens with one attached hydrogen (secondary N) is 1. The van der Waals surface area contributed by atoms with Crippen LogP contribution in [-0.2, 0) is 39.6 Å². The van der Waals surface area contributed by atoms with Crippen LogP contribution in [0.4, 0.5) is 0 Å². The fourth-order valence-corrected chi connectivity index (χ4v) is 1.98. The van der Waals surface area contributed by atoms with Crippen LogP contribution in [0.15, 0.2) is 81.9 Å². The van der Waals surface area contributed by atoms with Gasteiger partial charge in [-0.15, -0.1) is 0 Å². The second-order valence-corrected chi connectivity index (χ2v) is 6.38. The number of amides is 1. The van der Waals surface area contributed by atoms with Crippen LogP contribution in [0.3, 0.4) is 0 Å². The van der Waals surface area contributed by atoms with Crippen molar-refractivity contribution in [3.63, 3.8) is 0 Å². The molecule has 0 bridgehead atoms. The van der Waals surface area contributed by atoms with E-state index < -0.39 is 5.91 Å². The Balaban J connectivity index is 0. The SMILES string of the molecule is CC(=O)/C=C(\C)O.CC(=O)/C=C(\C)O.O=C(N/N=C(\[S-])c1ccccc1)c1ccco1.[Cr]. The summed E-state index contributed by atoms with van der Waals surface area (Å²) >= 11 is 5.06. The summed E-state index contributed by atoms with van der Waals surface area (Å²) in [5, 5.41) is 20.9. The Labute approximate surface area is 203 Å². The summed E-state index contributed by atoms with van der Waals surface area (Å²) in [4.78, 5) is 31.5. The molecule has 0 aliphatic rings. The van der Waals surface area contributed by atoms with Gasteiger partial charge in [-0.05, 0) is 45.4 Å². The zero-order valence-corrected chi connectivity index (χ0v) is 20.2. The van der Waals surface area contributed by atoms with Crippen LogP contribution in [0.1, 0.15) is 43.8 Å². The van der Waals surface area contributed by atoms with Gasteiger partial charge < -0.3 is 27.3 Å². The van der Waals surface area contributed by atoms with Crippen molar-refractivity contribution in [1.82, 2.24) is 5.43 Å². The molecule has 1 aromatic carbocycles. The monoisotopic (exact) mass is 497 g/mol. The second-order valence-electron chi connectivity index (χ2n) is 5.99. The first-order chi connectivity index (χ1) is 14.5. The first-order valence-electron chi connectivity index (χ1n) is 8.92. The first kappa shape index (κ1) is 31.0. The Morgan fingerprint density at radius 2 is 1.41 bits per heavy atom. The van der Waals surface area contributed by atoms with Gasteiger partial charge in [0.05, 0.1) is 17.8 Å². The standard InChI is InChI=1S/C12H10N2O2S.2C5H8O2.Cr/c15-11(10-7-4-8-16-10)13-14-12(17)9-5-2-1-3-6-9;2*1-4(6)3-5(2)7;/h1-8H,(H,13,15)(H,14,17);2*3,6H,1-2H3;/p-1/b;2*4-3+;. The zero-order chi connectivity index (χ0) is 23.8. The molecule has 2 rings (SSSR count). The van der Waals surface area contributed by atoms with E-state index in [9.17, 15) is 14.4 Å². The molecule has 2 aromatic rings. The topological polar surface area (TPSA) is 129 Å². The third kappa shape index (κ3) is 16.6.